The van der Waals surface area contributed by atoms with E-state index < -0.39 is 0 Å². The van der Waals surface area contributed by atoms with Crippen LogP contribution in [-0.4, -0.2) is 11.8 Å². The third-order valence-electron chi connectivity index (χ3n) is 2.66. The van der Waals surface area contributed by atoms with Crippen LogP contribution in [0.5, 0.6) is 0 Å². The first kappa shape index (κ1) is 12.5. The van der Waals surface area contributed by atoms with E-state index in [0.717, 1.165) is 25.7 Å². The van der Waals surface area contributed by atoms with E-state index in [2.05, 4.69) is 7.06 Å². The van der Waals surface area contributed by atoms with Crippen LogP contribution in [0.25, 0.3) is 0 Å². The molecule has 0 spiro atoms. The monoisotopic (exact) mass is 422 g/mol. The number of hydrogen-bond donors (Lipinski definition) is 2. The molecule has 80 valence electrons. The third-order valence-corrected chi connectivity index (χ3v) is 3.72. The van der Waals surface area contributed by atoms with E-state index >= 15 is 0 Å². The highest BCUT2D eigenvalue weighted by Crippen LogP contribution is 2.29. The number of nitrogens with one attached hydrogen (secondary N) is 2. The van der Waals surface area contributed by atoms with Crippen molar-refractivity contribution in [3.8, 4) is 0 Å². The molecule has 2 amide bonds. The zero-order chi connectivity index (χ0) is 10.6. The van der Waals surface area contributed by atoms with Crippen molar-refractivity contribution in [1.29, 1.82) is 0 Å². The molecule has 1 rings (SSSR count). The van der Waals surface area contributed by atoms with E-state index in [4.69, 9.17) is 0 Å². The van der Waals surface area contributed by atoms with Crippen LogP contribution in [0.2, 0.25) is 0 Å². The summed E-state index contributed by atoms with van der Waals surface area (Å²) in [6.45, 7) is 0. The zero-order valence-corrected chi connectivity index (χ0v) is 11.9. The summed E-state index contributed by atoms with van der Waals surface area (Å²) in [5.74, 6) is 0.396. The van der Waals surface area contributed by atoms with Gasteiger partial charge in [0, 0.05) is 11.8 Å². The van der Waals surface area contributed by atoms with Gasteiger partial charge in [0.25, 0.3) is 0 Å². The molecule has 1 saturated carbocycles. The topological polar surface area (TPSA) is 58.2 Å². The van der Waals surface area contributed by atoms with Crippen LogP contribution in [0.4, 0.5) is 0 Å². The van der Waals surface area contributed by atoms with Gasteiger partial charge in [0.2, 0.25) is 11.8 Å². The molecule has 0 aromatic heterocycles. The molecule has 1 aliphatic rings. The van der Waals surface area contributed by atoms with Gasteiger partial charge in [0.05, 0.1) is 45.7 Å². The van der Waals surface area contributed by atoms with E-state index in [1.54, 1.807) is 0 Å². The number of hydrogen-bond acceptors (Lipinski definition) is 2. The normalized spacial score (nSPS) is 26.7. The van der Waals surface area contributed by atoms with Crippen molar-refractivity contribution in [2.24, 2.45) is 11.8 Å². The fourth-order valence-electron chi connectivity index (χ4n) is 1.77. The van der Waals surface area contributed by atoms with E-state index in [0.29, 0.717) is 0 Å². The van der Waals surface area contributed by atoms with Crippen molar-refractivity contribution in [2.75, 3.05) is 0 Å². The Bertz CT molecular complexity index is 203. The molecule has 0 aliphatic heterocycles. The minimum atomic E-state index is 0.0962. The van der Waals surface area contributed by atoms with Gasteiger partial charge in [-0.25, -0.2) is 0 Å². The van der Waals surface area contributed by atoms with Crippen LogP contribution in [0.15, 0.2) is 0 Å². The highest BCUT2D eigenvalue weighted by molar-refractivity contribution is 14.1. The molecule has 0 radical (unpaired) electrons. The molecule has 0 heterocycles. The van der Waals surface area contributed by atoms with E-state index in [1.807, 2.05) is 45.7 Å². The number of amides is 2. The SMILES string of the molecule is O=C(NI)C1CCC(C(=O)NI)CC1. The van der Waals surface area contributed by atoms with Crippen molar-refractivity contribution < 1.29 is 9.59 Å². The lowest BCUT2D eigenvalue weighted by molar-refractivity contribution is -0.128. The Morgan fingerprint density at radius 3 is 1.36 bits per heavy atom. The third kappa shape index (κ3) is 3.21. The molecular formula is C8H12I2N2O2. The van der Waals surface area contributed by atoms with E-state index in [9.17, 15) is 9.59 Å². The van der Waals surface area contributed by atoms with Gasteiger partial charge >= 0.3 is 0 Å². The molecular weight excluding hydrogens is 410 g/mol. The molecule has 1 aliphatic carbocycles. The second kappa shape index (κ2) is 6.09. The molecule has 0 unspecified atom stereocenters. The average Bonchev–Trinajstić information content (AvgIpc) is 2.27. The summed E-state index contributed by atoms with van der Waals surface area (Å²) < 4.78 is 5.24. The molecule has 2 N–H and O–H groups in total. The summed E-state index contributed by atoms with van der Waals surface area (Å²) in [5.41, 5.74) is 0. The van der Waals surface area contributed by atoms with Gasteiger partial charge in [-0.1, -0.05) is 0 Å². The Morgan fingerprint density at radius 1 is 0.857 bits per heavy atom. The Hall–Kier alpha value is 0.400. The molecule has 0 atom stereocenters. The predicted octanol–water partition coefficient (Wildman–Crippen LogP) is 1.73. The number of carbonyl (C=O) groups excluding carboxylic acids is 2. The quantitative estimate of drug-likeness (QED) is 0.527. The number of halogens is 2. The molecule has 0 aromatic carbocycles. The Kier molecular flexibility index (Phi) is 5.42. The van der Waals surface area contributed by atoms with Crippen LogP contribution < -0.4 is 7.06 Å². The molecule has 1 fully saturated rings. The van der Waals surface area contributed by atoms with Gasteiger partial charge < -0.3 is 0 Å². The van der Waals surface area contributed by atoms with Crippen molar-refractivity contribution >= 4 is 57.5 Å². The molecule has 4 nitrogen and oxygen atoms in total. The van der Waals surface area contributed by atoms with Gasteiger partial charge in [0.15, 0.2) is 0 Å². The highest BCUT2D eigenvalue weighted by Gasteiger charge is 2.29. The van der Waals surface area contributed by atoms with Gasteiger partial charge in [-0.15, -0.1) is 0 Å². The maximum Gasteiger partial charge on any atom is 0.231 e. The molecule has 0 bridgehead atoms. The predicted molar refractivity (Wildman–Crippen MR) is 69.8 cm³/mol. The summed E-state index contributed by atoms with van der Waals surface area (Å²) in [4.78, 5) is 22.6. The summed E-state index contributed by atoms with van der Waals surface area (Å²) >= 11 is 3.72. The molecule has 6 heteroatoms. The number of rotatable bonds is 2. The van der Waals surface area contributed by atoms with Crippen molar-refractivity contribution in [3.05, 3.63) is 0 Å². The van der Waals surface area contributed by atoms with Crippen molar-refractivity contribution in [1.82, 2.24) is 7.06 Å². The van der Waals surface area contributed by atoms with E-state index in [-0.39, 0.29) is 23.7 Å². The Labute approximate surface area is 111 Å². The number of carbonyl (C=O) groups is 2. The fraction of sp³-hybridized carbons (Fsp3) is 0.750. The smallest absolute Gasteiger partial charge is 0.231 e. The van der Waals surface area contributed by atoms with Gasteiger partial charge in [-0.05, 0) is 25.7 Å². The lowest BCUT2D eigenvalue weighted by atomic mass is 9.81. The highest BCUT2D eigenvalue weighted by atomic mass is 127. The average molecular weight is 422 g/mol. The molecule has 0 saturated heterocycles. The zero-order valence-electron chi connectivity index (χ0n) is 7.56. The lowest BCUT2D eigenvalue weighted by Gasteiger charge is -2.25. The van der Waals surface area contributed by atoms with Crippen molar-refractivity contribution in [3.63, 3.8) is 0 Å². The fourth-order valence-corrected chi connectivity index (χ4v) is 2.65. The van der Waals surface area contributed by atoms with Crippen molar-refractivity contribution in [2.45, 2.75) is 25.7 Å². The van der Waals surface area contributed by atoms with Gasteiger partial charge in [-0.2, -0.15) is 0 Å². The lowest BCUT2D eigenvalue weighted by Crippen LogP contribution is -2.32. The summed E-state index contributed by atoms with van der Waals surface area (Å²) in [6.07, 6.45) is 3.29. The minimum Gasteiger partial charge on any atom is -0.299 e. The second-order valence-electron chi connectivity index (χ2n) is 3.47. The minimum absolute atomic E-state index is 0.0962. The van der Waals surface area contributed by atoms with Gasteiger partial charge in [-0.3, -0.25) is 16.6 Å². The first-order valence-corrected chi connectivity index (χ1v) is 6.65. The second-order valence-corrected chi connectivity index (χ2v) is 4.54. The van der Waals surface area contributed by atoms with Crippen LogP contribution in [0, 0.1) is 11.8 Å². The maximum absolute atomic E-state index is 11.3. The largest absolute Gasteiger partial charge is 0.299 e. The Morgan fingerprint density at radius 2 is 1.14 bits per heavy atom. The van der Waals surface area contributed by atoms with Crippen LogP contribution in [0.3, 0.4) is 0 Å². The standard InChI is InChI=1S/C8H12I2N2O2/c9-11-7(13)5-1-2-6(4-3-5)8(14)12-10/h5-6H,1-4H2,(H,11,13)(H,12,14). The molecule has 14 heavy (non-hydrogen) atoms. The Balaban J connectivity index is 2.38. The summed E-state index contributed by atoms with van der Waals surface area (Å²) in [5, 5.41) is 0. The van der Waals surface area contributed by atoms with E-state index in [1.165, 1.54) is 0 Å². The van der Waals surface area contributed by atoms with Gasteiger partial charge in [0.1, 0.15) is 0 Å². The first-order valence-electron chi connectivity index (χ1n) is 4.50. The summed E-state index contributed by atoms with van der Waals surface area (Å²) in [6, 6.07) is 0. The van der Waals surface area contributed by atoms with Crippen LogP contribution in [0.1, 0.15) is 25.7 Å². The maximum atomic E-state index is 11.3. The first-order chi connectivity index (χ1) is 6.69. The molecule has 0 aromatic rings. The van der Waals surface area contributed by atoms with Crippen LogP contribution in [-0.2, 0) is 9.59 Å². The summed E-state index contributed by atoms with van der Waals surface area (Å²) in [7, 11) is 0. The van der Waals surface area contributed by atoms with Crippen LogP contribution >= 0.6 is 45.7 Å².